The molecule has 1 heterocycles. The van der Waals surface area contributed by atoms with Gasteiger partial charge in [-0.1, -0.05) is 58.3 Å². The number of fused-ring (bicyclic) bond motifs is 2. The summed E-state index contributed by atoms with van der Waals surface area (Å²) in [6.45, 7) is 2.62. The highest BCUT2D eigenvalue weighted by molar-refractivity contribution is 6.37. The number of hydrogen-bond donors (Lipinski definition) is 4. The van der Waals surface area contributed by atoms with E-state index in [0.717, 1.165) is 103 Å². The molecule has 5 amide bonds. The van der Waals surface area contributed by atoms with Crippen LogP contribution in [0, 0.1) is 29.1 Å². The fourth-order valence-electron chi connectivity index (χ4n) is 9.49. The fraction of sp³-hybridized carbons (Fsp3) is 0.853. The minimum absolute atomic E-state index is 0.0122. The first-order valence-corrected chi connectivity index (χ1v) is 17.7. The summed E-state index contributed by atoms with van der Waals surface area (Å²) in [4.78, 5) is 68.8. The van der Waals surface area contributed by atoms with E-state index in [2.05, 4.69) is 22.9 Å². The summed E-state index contributed by atoms with van der Waals surface area (Å²) in [6, 6.07) is -2.66. The van der Waals surface area contributed by atoms with Crippen LogP contribution in [0.3, 0.4) is 0 Å². The Labute approximate surface area is 261 Å². The summed E-state index contributed by atoms with van der Waals surface area (Å²) in [7, 11) is 0. The lowest BCUT2D eigenvalue weighted by atomic mass is 9.80. The van der Waals surface area contributed by atoms with E-state index in [1.165, 1.54) is 6.42 Å². The molecule has 5 saturated carbocycles. The standard InChI is InChI=1S/C34H53N5O5/c1-2-34(14-7-4-8-15-34)38-32(44)37-26(22-9-5-3-6-10-22)31(43)39-20-24-23(13-16-33(24)17-18-33)27(39)30(42)36-25(19-21-11-12-21)28(40)29(35)41/h21-27H,2-20H2,1H3,(H2,35,41)(H,36,42)(H2,37,38,44)/t23-,24-,25?,26-,27-/m0/s1. The van der Waals surface area contributed by atoms with Crippen molar-refractivity contribution >= 4 is 29.5 Å². The zero-order chi connectivity index (χ0) is 31.1. The van der Waals surface area contributed by atoms with Gasteiger partial charge >= 0.3 is 6.03 Å². The van der Waals surface area contributed by atoms with Crippen molar-refractivity contribution < 1.29 is 24.0 Å². The van der Waals surface area contributed by atoms with Gasteiger partial charge < -0.3 is 26.6 Å². The number of nitrogens with two attached hydrogens (primary N) is 1. The van der Waals surface area contributed by atoms with Crippen molar-refractivity contribution in [3.05, 3.63) is 0 Å². The molecule has 10 heteroatoms. The van der Waals surface area contributed by atoms with Crippen LogP contribution < -0.4 is 21.7 Å². The van der Waals surface area contributed by atoms with Crippen LogP contribution >= 0.6 is 0 Å². The van der Waals surface area contributed by atoms with Crippen LogP contribution in [-0.4, -0.2) is 64.6 Å². The number of ketones is 1. The van der Waals surface area contributed by atoms with Gasteiger partial charge in [0, 0.05) is 12.1 Å². The predicted molar refractivity (Wildman–Crippen MR) is 165 cm³/mol. The molecule has 1 aliphatic heterocycles. The van der Waals surface area contributed by atoms with Crippen LogP contribution in [0.15, 0.2) is 0 Å². The van der Waals surface area contributed by atoms with Gasteiger partial charge in [-0.25, -0.2) is 4.79 Å². The lowest BCUT2D eigenvalue weighted by Crippen LogP contribution is -2.61. The summed E-state index contributed by atoms with van der Waals surface area (Å²) >= 11 is 0. The molecule has 0 aromatic rings. The molecule has 244 valence electrons. The van der Waals surface area contributed by atoms with Gasteiger partial charge in [-0.3, -0.25) is 19.2 Å². The third-order valence-electron chi connectivity index (χ3n) is 12.5. The summed E-state index contributed by atoms with van der Waals surface area (Å²) < 4.78 is 0. The molecule has 6 fully saturated rings. The minimum atomic E-state index is -1.04. The molecule has 0 aromatic carbocycles. The summed E-state index contributed by atoms with van der Waals surface area (Å²) in [5, 5.41) is 9.34. The zero-order valence-corrected chi connectivity index (χ0v) is 26.5. The van der Waals surface area contributed by atoms with E-state index in [9.17, 15) is 24.0 Å². The molecule has 6 aliphatic rings. The van der Waals surface area contributed by atoms with E-state index in [1.807, 2.05) is 0 Å². The molecule has 5 N–H and O–H groups in total. The second-order valence-electron chi connectivity index (χ2n) is 15.2. The number of urea groups is 1. The van der Waals surface area contributed by atoms with E-state index in [-0.39, 0.29) is 46.6 Å². The monoisotopic (exact) mass is 611 g/mol. The molecular weight excluding hydrogens is 558 g/mol. The summed E-state index contributed by atoms with van der Waals surface area (Å²) in [5.41, 5.74) is 5.34. The highest BCUT2D eigenvalue weighted by atomic mass is 16.2. The van der Waals surface area contributed by atoms with Crippen molar-refractivity contribution in [2.75, 3.05) is 6.54 Å². The van der Waals surface area contributed by atoms with Crippen LogP contribution in [0.1, 0.15) is 122 Å². The number of primary amides is 1. The Kier molecular flexibility index (Phi) is 8.99. The Hall–Kier alpha value is -2.65. The minimum Gasteiger partial charge on any atom is -0.363 e. The maximum atomic E-state index is 14.7. The van der Waals surface area contributed by atoms with Crippen molar-refractivity contribution in [2.24, 2.45) is 34.8 Å². The molecule has 5 atom stereocenters. The Morgan fingerprint density at radius 1 is 0.841 bits per heavy atom. The van der Waals surface area contributed by atoms with Crippen LogP contribution in [0.5, 0.6) is 0 Å². The maximum Gasteiger partial charge on any atom is 0.315 e. The number of likely N-dealkylation sites (tertiary alicyclic amines) is 1. The first-order valence-electron chi connectivity index (χ1n) is 17.7. The van der Waals surface area contributed by atoms with Crippen molar-refractivity contribution in [1.82, 2.24) is 20.9 Å². The van der Waals surface area contributed by atoms with Crippen molar-refractivity contribution in [3.8, 4) is 0 Å². The molecule has 1 spiro atoms. The number of amides is 5. The number of nitrogens with one attached hydrogen (secondary N) is 3. The van der Waals surface area contributed by atoms with Gasteiger partial charge in [0.2, 0.25) is 17.6 Å². The van der Waals surface area contributed by atoms with Gasteiger partial charge in [-0.15, -0.1) is 0 Å². The molecule has 5 aliphatic carbocycles. The Morgan fingerprint density at radius 2 is 1.52 bits per heavy atom. The van der Waals surface area contributed by atoms with E-state index in [0.29, 0.717) is 18.9 Å². The smallest absolute Gasteiger partial charge is 0.315 e. The zero-order valence-electron chi connectivity index (χ0n) is 26.5. The molecule has 0 aromatic heterocycles. The van der Waals surface area contributed by atoms with Crippen LogP contribution in [-0.2, 0) is 19.2 Å². The van der Waals surface area contributed by atoms with E-state index < -0.39 is 29.8 Å². The van der Waals surface area contributed by atoms with Crippen molar-refractivity contribution in [1.29, 1.82) is 0 Å². The molecule has 1 saturated heterocycles. The third kappa shape index (κ3) is 6.37. The SMILES string of the molecule is CCC1(NC(=O)N[C@H](C(=O)N2C[C@H]3[C@H](CCC34CC4)[C@H]2C(=O)NC(CC2CC2)C(=O)C(N)=O)C2CCCCC2)CCCCC1. The van der Waals surface area contributed by atoms with Crippen molar-refractivity contribution in [3.63, 3.8) is 0 Å². The second-order valence-corrected chi connectivity index (χ2v) is 15.2. The molecule has 6 rings (SSSR count). The van der Waals surface area contributed by atoms with Gasteiger partial charge in [0.1, 0.15) is 12.1 Å². The lowest BCUT2D eigenvalue weighted by Gasteiger charge is -2.39. The van der Waals surface area contributed by atoms with Crippen LogP contribution in [0.2, 0.25) is 0 Å². The number of carbonyl (C=O) groups excluding carboxylic acids is 5. The molecule has 10 nitrogen and oxygen atoms in total. The first-order chi connectivity index (χ1) is 21.2. The Bertz CT molecular complexity index is 1140. The highest BCUT2D eigenvalue weighted by Crippen LogP contribution is 2.66. The van der Waals surface area contributed by atoms with E-state index in [1.54, 1.807) is 4.90 Å². The molecular formula is C34H53N5O5. The molecule has 1 unspecified atom stereocenters. The van der Waals surface area contributed by atoms with Crippen LogP contribution in [0.25, 0.3) is 0 Å². The highest BCUT2D eigenvalue weighted by Gasteiger charge is 2.64. The molecule has 44 heavy (non-hydrogen) atoms. The first kappa shape index (κ1) is 31.3. The fourth-order valence-corrected chi connectivity index (χ4v) is 9.49. The lowest BCUT2D eigenvalue weighted by molar-refractivity contribution is -0.143. The third-order valence-corrected chi connectivity index (χ3v) is 12.5. The second kappa shape index (κ2) is 12.6. The van der Waals surface area contributed by atoms with Gasteiger partial charge in [0.15, 0.2) is 0 Å². The number of rotatable bonds is 11. The van der Waals surface area contributed by atoms with E-state index in [4.69, 9.17) is 5.73 Å². The maximum absolute atomic E-state index is 14.7. The predicted octanol–water partition coefficient (Wildman–Crippen LogP) is 3.70. The number of Topliss-reactive ketones (excluding diaryl/α,β-unsaturated/α-hetero) is 1. The van der Waals surface area contributed by atoms with Gasteiger partial charge in [0.05, 0.1) is 6.04 Å². The quantitative estimate of drug-likeness (QED) is 0.263. The van der Waals surface area contributed by atoms with E-state index >= 15 is 0 Å². The number of hydrogen-bond acceptors (Lipinski definition) is 5. The average Bonchev–Trinajstić information content (AvgIpc) is 3.94. The normalized spacial score (nSPS) is 30.2. The number of carbonyl (C=O) groups is 5. The summed E-state index contributed by atoms with van der Waals surface area (Å²) in [6.07, 6.45) is 17.5. The largest absolute Gasteiger partial charge is 0.363 e. The molecule has 0 radical (unpaired) electrons. The van der Waals surface area contributed by atoms with Crippen LogP contribution in [0.4, 0.5) is 4.79 Å². The van der Waals surface area contributed by atoms with Gasteiger partial charge in [-0.2, -0.15) is 0 Å². The van der Waals surface area contributed by atoms with Gasteiger partial charge in [0.25, 0.3) is 5.91 Å². The van der Waals surface area contributed by atoms with Crippen molar-refractivity contribution in [2.45, 2.75) is 146 Å². The Balaban J connectivity index is 1.24. The summed E-state index contributed by atoms with van der Waals surface area (Å²) in [5.74, 6) is -1.78. The molecule has 0 bridgehead atoms. The average molecular weight is 612 g/mol. The topological polar surface area (TPSA) is 151 Å². The van der Waals surface area contributed by atoms with Gasteiger partial charge in [-0.05, 0) is 93.3 Å². The Morgan fingerprint density at radius 3 is 2.14 bits per heavy atom. The number of nitrogens with zero attached hydrogens (tertiary/aromatic N) is 1.